The number of fused-ring (bicyclic) bond motifs is 5. The molecule has 6 nitrogen and oxygen atoms in total. The topological polar surface area (TPSA) is 82.8 Å². The zero-order valence-electron chi connectivity index (χ0n) is 22.6. The molecule has 0 spiro atoms. The van der Waals surface area contributed by atoms with Crippen molar-refractivity contribution < 1.29 is 28.3 Å². The third kappa shape index (κ3) is 3.24. The molecule has 0 radical (unpaired) electrons. The van der Waals surface area contributed by atoms with E-state index in [4.69, 9.17) is 13.9 Å². The lowest BCUT2D eigenvalue weighted by molar-refractivity contribution is -0.266. The summed E-state index contributed by atoms with van der Waals surface area (Å²) in [6.45, 7) is 13.6. The van der Waals surface area contributed by atoms with Gasteiger partial charge < -0.3 is 13.9 Å². The van der Waals surface area contributed by atoms with Crippen molar-refractivity contribution >= 4 is 17.7 Å². The number of esters is 2. The van der Waals surface area contributed by atoms with Gasteiger partial charge in [-0.05, 0) is 72.0 Å². The minimum atomic E-state index is -0.765. The molecule has 36 heavy (non-hydrogen) atoms. The van der Waals surface area contributed by atoms with E-state index in [-0.39, 0.29) is 34.9 Å². The summed E-state index contributed by atoms with van der Waals surface area (Å²) in [6, 6.07) is 2.08. The van der Waals surface area contributed by atoms with Crippen molar-refractivity contribution in [3.05, 3.63) is 36.3 Å². The molecule has 0 amide bonds. The van der Waals surface area contributed by atoms with Gasteiger partial charge in [-0.3, -0.25) is 14.4 Å². The maximum absolute atomic E-state index is 13.2. The van der Waals surface area contributed by atoms with E-state index in [0.29, 0.717) is 5.92 Å². The Labute approximate surface area is 214 Å². The number of carbonyl (C=O) groups is 3. The Morgan fingerprint density at radius 1 is 0.972 bits per heavy atom. The summed E-state index contributed by atoms with van der Waals surface area (Å²) in [4.78, 5) is 38.3. The summed E-state index contributed by atoms with van der Waals surface area (Å²) in [5.41, 5.74) is -0.381. The van der Waals surface area contributed by atoms with Gasteiger partial charge in [-0.2, -0.15) is 0 Å². The summed E-state index contributed by atoms with van der Waals surface area (Å²) in [6.07, 6.45) is 10.1. The first-order chi connectivity index (χ1) is 16.8. The van der Waals surface area contributed by atoms with Crippen LogP contribution in [-0.4, -0.2) is 29.9 Å². The SMILES string of the molecule is CC(=O)OC1C2C(C)(C)C(=O)C=CC2(C)C2CCC3(C)C(c4ccoc4)CCC3C2(C)C1OC(C)=O. The van der Waals surface area contributed by atoms with Gasteiger partial charge in [-0.25, -0.2) is 0 Å². The Balaban J connectivity index is 1.71. The lowest BCUT2D eigenvalue weighted by atomic mass is 9.36. The first-order valence-corrected chi connectivity index (χ1v) is 13.4. The lowest BCUT2D eigenvalue weighted by Crippen LogP contribution is -2.72. The van der Waals surface area contributed by atoms with Crippen molar-refractivity contribution in [1.29, 1.82) is 0 Å². The van der Waals surface area contributed by atoms with Gasteiger partial charge in [0.15, 0.2) is 5.78 Å². The van der Waals surface area contributed by atoms with Crippen LogP contribution >= 0.6 is 0 Å². The zero-order valence-corrected chi connectivity index (χ0v) is 22.6. The summed E-state index contributed by atoms with van der Waals surface area (Å²) in [7, 11) is 0. The van der Waals surface area contributed by atoms with E-state index in [9.17, 15) is 14.4 Å². The molecule has 3 fully saturated rings. The second-order valence-electron chi connectivity index (χ2n) is 13.1. The average molecular weight is 497 g/mol. The molecule has 0 aromatic carbocycles. The van der Waals surface area contributed by atoms with Crippen LogP contribution in [0.5, 0.6) is 0 Å². The number of carbonyl (C=O) groups excluding carboxylic acids is 3. The molecule has 3 saturated carbocycles. The predicted octanol–water partition coefficient (Wildman–Crippen LogP) is 5.86. The smallest absolute Gasteiger partial charge is 0.303 e. The molecule has 0 saturated heterocycles. The second-order valence-corrected chi connectivity index (χ2v) is 13.1. The van der Waals surface area contributed by atoms with E-state index in [1.807, 2.05) is 20.1 Å². The second kappa shape index (κ2) is 8.06. The molecule has 0 N–H and O–H groups in total. The van der Waals surface area contributed by atoms with Gasteiger partial charge >= 0.3 is 11.9 Å². The van der Waals surface area contributed by atoms with E-state index in [0.717, 1.165) is 25.7 Å². The van der Waals surface area contributed by atoms with E-state index < -0.39 is 34.4 Å². The molecule has 0 bridgehead atoms. The molecule has 1 aromatic heterocycles. The van der Waals surface area contributed by atoms with Crippen molar-refractivity contribution in [3.63, 3.8) is 0 Å². The number of furan rings is 1. The van der Waals surface area contributed by atoms with Gasteiger partial charge in [0.1, 0.15) is 12.2 Å². The molecule has 6 heteroatoms. The minimum Gasteiger partial charge on any atom is -0.472 e. The molecule has 1 aromatic rings. The zero-order chi connectivity index (χ0) is 26.3. The van der Waals surface area contributed by atoms with Crippen LogP contribution in [0, 0.1) is 39.4 Å². The van der Waals surface area contributed by atoms with Gasteiger partial charge in [0.2, 0.25) is 0 Å². The van der Waals surface area contributed by atoms with Crippen molar-refractivity contribution in [2.75, 3.05) is 0 Å². The number of hydrogen-bond donors (Lipinski definition) is 0. The maximum atomic E-state index is 13.2. The predicted molar refractivity (Wildman–Crippen MR) is 134 cm³/mol. The third-order valence-corrected chi connectivity index (χ3v) is 11.0. The fraction of sp³-hybridized carbons (Fsp3) is 0.700. The number of ketones is 1. The molecular formula is C30H40O6. The molecule has 9 atom stereocenters. The lowest BCUT2D eigenvalue weighted by Gasteiger charge is -2.69. The van der Waals surface area contributed by atoms with Gasteiger partial charge in [-0.1, -0.05) is 40.7 Å². The highest BCUT2D eigenvalue weighted by Gasteiger charge is 2.74. The maximum Gasteiger partial charge on any atom is 0.303 e. The summed E-state index contributed by atoms with van der Waals surface area (Å²) in [5, 5.41) is 0. The molecule has 9 unspecified atom stereocenters. The molecular weight excluding hydrogens is 456 g/mol. The molecule has 196 valence electrons. The number of allylic oxidation sites excluding steroid dienone is 2. The van der Waals surface area contributed by atoms with Crippen molar-refractivity contribution in [2.24, 2.45) is 39.4 Å². The molecule has 4 aliphatic carbocycles. The molecule has 5 rings (SSSR count). The molecule has 1 heterocycles. The highest BCUT2D eigenvalue weighted by Crippen LogP contribution is 2.74. The van der Waals surface area contributed by atoms with Crippen molar-refractivity contribution in [2.45, 2.75) is 92.3 Å². The normalized spacial score (nSPS) is 44.8. The van der Waals surface area contributed by atoms with E-state index >= 15 is 0 Å². The van der Waals surface area contributed by atoms with Crippen LogP contribution in [-0.2, 0) is 23.9 Å². The van der Waals surface area contributed by atoms with Crippen LogP contribution in [0.3, 0.4) is 0 Å². The first kappa shape index (κ1) is 25.3. The molecule has 4 aliphatic rings. The summed E-state index contributed by atoms with van der Waals surface area (Å²) < 4.78 is 17.8. The summed E-state index contributed by atoms with van der Waals surface area (Å²) in [5.74, 6) is -0.310. The van der Waals surface area contributed by atoms with Gasteiger partial charge in [-0.15, -0.1) is 0 Å². The Morgan fingerprint density at radius 2 is 1.67 bits per heavy atom. The Bertz CT molecular complexity index is 1100. The van der Waals surface area contributed by atoms with Crippen LogP contribution in [0.15, 0.2) is 35.2 Å². The number of hydrogen-bond acceptors (Lipinski definition) is 6. The average Bonchev–Trinajstić information content (AvgIpc) is 3.41. The number of rotatable bonds is 3. The monoisotopic (exact) mass is 496 g/mol. The van der Waals surface area contributed by atoms with Gasteiger partial charge in [0, 0.05) is 30.6 Å². The van der Waals surface area contributed by atoms with Crippen molar-refractivity contribution in [1.82, 2.24) is 0 Å². The largest absolute Gasteiger partial charge is 0.472 e. The highest BCUT2D eigenvalue weighted by atomic mass is 16.6. The summed E-state index contributed by atoms with van der Waals surface area (Å²) >= 11 is 0. The Kier molecular flexibility index (Phi) is 5.66. The fourth-order valence-corrected chi connectivity index (χ4v) is 9.84. The molecule has 0 aliphatic heterocycles. The van der Waals surface area contributed by atoms with E-state index in [1.54, 1.807) is 12.3 Å². The Morgan fingerprint density at radius 3 is 2.28 bits per heavy atom. The minimum absolute atomic E-state index is 0.0127. The highest BCUT2D eigenvalue weighted by molar-refractivity contribution is 5.96. The number of ether oxygens (including phenoxy) is 2. The van der Waals surface area contributed by atoms with Crippen LogP contribution < -0.4 is 0 Å². The van der Waals surface area contributed by atoms with Crippen LogP contribution in [0.4, 0.5) is 0 Å². The van der Waals surface area contributed by atoms with Crippen LogP contribution in [0.2, 0.25) is 0 Å². The fourth-order valence-electron chi connectivity index (χ4n) is 9.84. The quantitative estimate of drug-likeness (QED) is 0.488. The first-order valence-electron chi connectivity index (χ1n) is 13.4. The third-order valence-electron chi connectivity index (χ3n) is 11.0. The van der Waals surface area contributed by atoms with Crippen LogP contribution in [0.1, 0.15) is 85.6 Å². The van der Waals surface area contributed by atoms with Gasteiger partial charge in [0.05, 0.1) is 12.5 Å². The van der Waals surface area contributed by atoms with Crippen molar-refractivity contribution in [3.8, 4) is 0 Å². The van der Waals surface area contributed by atoms with Gasteiger partial charge in [0.25, 0.3) is 0 Å². The standard InChI is InChI=1S/C30H40O6/c1-17(31)35-24-25-27(3,4)23(33)11-14-29(25,6)22-10-13-28(5)20(19-12-15-34-16-19)8-9-21(28)30(22,7)26(24)36-18(2)32/h11-12,14-16,20-22,24-26H,8-10,13H2,1-7H3. The van der Waals surface area contributed by atoms with E-state index in [1.165, 1.54) is 19.4 Å². The van der Waals surface area contributed by atoms with Crippen LogP contribution in [0.25, 0.3) is 0 Å². The van der Waals surface area contributed by atoms with E-state index in [2.05, 4.69) is 32.9 Å². The Hall–Kier alpha value is -2.37.